The maximum absolute atomic E-state index is 12.7. The minimum Gasteiger partial charge on any atom is -0.348 e. The van der Waals surface area contributed by atoms with E-state index in [1.165, 1.54) is 0 Å². The van der Waals surface area contributed by atoms with Gasteiger partial charge in [0, 0.05) is 6.42 Å². The van der Waals surface area contributed by atoms with Gasteiger partial charge in [-0.15, -0.1) is 0 Å². The Labute approximate surface area is 154 Å². The second kappa shape index (κ2) is 8.43. The van der Waals surface area contributed by atoms with Crippen LogP contribution < -0.4 is 5.32 Å². The number of nitrogens with one attached hydrogen (secondary N) is 2. The van der Waals surface area contributed by atoms with Crippen molar-refractivity contribution in [1.29, 1.82) is 0 Å². The number of rotatable bonds is 7. The molecule has 2 N–H and O–H groups in total. The molecule has 5 nitrogen and oxygen atoms in total. The molecule has 1 aromatic heterocycles. The predicted octanol–water partition coefficient (Wildman–Crippen LogP) is 4.19. The number of nitrogens with zero attached hydrogens (tertiary/aromatic N) is 2. The number of H-pyrrole nitrogens is 1. The third-order valence-corrected chi connectivity index (χ3v) is 4.28. The van der Waals surface area contributed by atoms with E-state index in [9.17, 15) is 4.79 Å². The number of aromatic amines is 1. The fourth-order valence-corrected chi connectivity index (χ4v) is 3.08. The SMILES string of the molecule is CCCc1n[nH]c(=S)n1CC(=O)NC(CC(C)(C)C)c1ccccc1. The number of hydrogen-bond acceptors (Lipinski definition) is 3. The number of aromatic nitrogens is 3. The summed E-state index contributed by atoms with van der Waals surface area (Å²) in [7, 11) is 0. The van der Waals surface area contributed by atoms with Crippen molar-refractivity contribution in [2.75, 3.05) is 0 Å². The van der Waals surface area contributed by atoms with Gasteiger partial charge in [0.25, 0.3) is 0 Å². The average Bonchev–Trinajstić information content (AvgIpc) is 2.87. The Hall–Kier alpha value is -1.95. The maximum Gasteiger partial charge on any atom is 0.240 e. The van der Waals surface area contributed by atoms with E-state index >= 15 is 0 Å². The molecule has 0 saturated heterocycles. The van der Waals surface area contributed by atoms with Crippen molar-refractivity contribution in [2.24, 2.45) is 5.41 Å². The van der Waals surface area contributed by atoms with Crippen LogP contribution in [0.3, 0.4) is 0 Å². The predicted molar refractivity (Wildman–Crippen MR) is 103 cm³/mol. The molecule has 25 heavy (non-hydrogen) atoms. The van der Waals surface area contributed by atoms with Crippen LogP contribution in [0.25, 0.3) is 0 Å². The summed E-state index contributed by atoms with van der Waals surface area (Å²) in [5.74, 6) is 0.780. The molecule has 136 valence electrons. The monoisotopic (exact) mass is 360 g/mol. The van der Waals surface area contributed by atoms with Gasteiger partial charge in [-0.05, 0) is 36.0 Å². The first kappa shape index (κ1) is 19.4. The van der Waals surface area contributed by atoms with Crippen molar-refractivity contribution in [1.82, 2.24) is 20.1 Å². The molecule has 1 amide bonds. The third-order valence-electron chi connectivity index (χ3n) is 3.97. The Kier molecular flexibility index (Phi) is 6.53. The molecule has 0 radical (unpaired) electrons. The number of carbonyl (C=O) groups is 1. The molecule has 0 spiro atoms. The molecule has 0 saturated carbocycles. The Morgan fingerprint density at radius 3 is 2.60 bits per heavy atom. The normalized spacial score (nSPS) is 12.8. The van der Waals surface area contributed by atoms with E-state index in [0.717, 1.165) is 30.7 Å². The van der Waals surface area contributed by atoms with E-state index in [1.54, 1.807) is 4.57 Å². The molecule has 1 atom stereocenters. The summed E-state index contributed by atoms with van der Waals surface area (Å²) in [5.41, 5.74) is 1.22. The lowest BCUT2D eigenvalue weighted by Gasteiger charge is -2.27. The van der Waals surface area contributed by atoms with Crippen LogP contribution in [0.1, 0.15) is 58.0 Å². The summed E-state index contributed by atoms with van der Waals surface area (Å²) in [6, 6.07) is 10.1. The van der Waals surface area contributed by atoms with Crippen molar-refractivity contribution < 1.29 is 4.79 Å². The molecular formula is C19H28N4OS. The van der Waals surface area contributed by atoms with Gasteiger partial charge in [0.1, 0.15) is 12.4 Å². The molecule has 2 aromatic rings. The van der Waals surface area contributed by atoms with Crippen molar-refractivity contribution >= 4 is 18.1 Å². The fraction of sp³-hybridized carbons (Fsp3) is 0.526. The lowest BCUT2D eigenvalue weighted by atomic mass is 9.85. The molecule has 0 aliphatic heterocycles. The molecule has 1 heterocycles. The van der Waals surface area contributed by atoms with E-state index in [1.807, 2.05) is 18.2 Å². The number of benzene rings is 1. The van der Waals surface area contributed by atoms with Gasteiger partial charge in [-0.2, -0.15) is 5.10 Å². The lowest BCUT2D eigenvalue weighted by molar-refractivity contribution is -0.122. The molecule has 6 heteroatoms. The van der Waals surface area contributed by atoms with Gasteiger partial charge in [0.05, 0.1) is 6.04 Å². The Morgan fingerprint density at radius 2 is 2.00 bits per heavy atom. The molecule has 0 bridgehead atoms. The highest BCUT2D eigenvalue weighted by atomic mass is 32.1. The van der Waals surface area contributed by atoms with Crippen LogP contribution in [0, 0.1) is 10.2 Å². The number of hydrogen-bond donors (Lipinski definition) is 2. The number of amides is 1. The minimum absolute atomic E-state index is 0.0237. The van der Waals surface area contributed by atoms with Crippen LogP contribution in [0.4, 0.5) is 0 Å². The molecule has 0 aliphatic carbocycles. The van der Waals surface area contributed by atoms with Crippen molar-refractivity contribution in [3.05, 3.63) is 46.5 Å². The van der Waals surface area contributed by atoms with E-state index in [-0.39, 0.29) is 23.9 Å². The van der Waals surface area contributed by atoms with Crippen LogP contribution in [0.2, 0.25) is 0 Å². The summed E-state index contributed by atoms with van der Waals surface area (Å²) < 4.78 is 2.28. The first-order chi connectivity index (χ1) is 11.8. The molecule has 1 unspecified atom stereocenters. The smallest absolute Gasteiger partial charge is 0.240 e. The van der Waals surface area contributed by atoms with Gasteiger partial charge in [-0.25, -0.2) is 0 Å². The Bertz CT molecular complexity index is 743. The quantitative estimate of drug-likeness (QED) is 0.728. The van der Waals surface area contributed by atoms with E-state index in [2.05, 4.69) is 55.3 Å². The van der Waals surface area contributed by atoms with Gasteiger partial charge in [0.2, 0.25) is 5.91 Å². The molecule has 0 aliphatic rings. The Morgan fingerprint density at radius 1 is 1.32 bits per heavy atom. The maximum atomic E-state index is 12.7. The van der Waals surface area contributed by atoms with Gasteiger partial charge in [0.15, 0.2) is 4.77 Å². The van der Waals surface area contributed by atoms with Crippen LogP contribution in [0.15, 0.2) is 30.3 Å². The zero-order chi connectivity index (χ0) is 18.4. The molecule has 2 rings (SSSR count). The first-order valence-corrected chi connectivity index (χ1v) is 9.19. The third kappa shape index (κ3) is 5.81. The summed E-state index contributed by atoms with van der Waals surface area (Å²) in [4.78, 5) is 12.7. The van der Waals surface area contributed by atoms with E-state index in [4.69, 9.17) is 12.2 Å². The summed E-state index contributed by atoms with van der Waals surface area (Å²) >= 11 is 5.27. The second-order valence-electron chi connectivity index (χ2n) is 7.58. The van der Waals surface area contributed by atoms with Gasteiger partial charge in [-0.1, -0.05) is 58.0 Å². The van der Waals surface area contributed by atoms with Crippen LogP contribution in [-0.2, 0) is 17.8 Å². The van der Waals surface area contributed by atoms with Crippen molar-refractivity contribution in [3.8, 4) is 0 Å². The van der Waals surface area contributed by atoms with E-state index in [0.29, 0.717) is 4.77 Å². The van der Waals surface area contributed by atoms with Gasteiger partial charge < -0.3 is 5.32 Å². The molecule has 1 aromatic carbocycles. The summed E-state index contributed by atoms with van der Waals surface area (Å²) in [6.07, 6.45) is 2.61. The summed E-state index contributed by atoms with van der Waals surface area (Å²) in [6.45, 7) is 8.82. The van der Waals surface area contributed by atoms with Crippen molar-refractivity contribution in [3.63, 3.8) is 0 Å². The molecular weight excluding hydrogens is 332 g/mol. The zero-order valence-corrected chi connectivity index (χ0v) is 16.3. The number of carbonyl (C=O) groups excluding carboxylic acids is 1. The number of aryl methyl sites for hydroxylation is 1. The summed E-state index contributed by atoms with van der Waals surface area (Å²) in [5, 5.41) is 10.2. The average molecular weight is 361 g/mol. The van der Waals surface area contributed by atoms with E-state index < -0.39 is 0 Å². The van der Waals surface area contributed by atoms with Crippen LogP contribution >= 0.6 is 12.2 Å². The Balaban J connectivity index is 2.15. The first-order valence-electron chi connectivity index (χ1n) is 8.78. The highest BCUT2D eigenvalue weighted by molar-refractivity contribution is 7.71. The highest BCUT2D eigenvalue weighted by Gasteiger charge is 2.22. The largest absolute Gasteiger partial charge is 0.348 e. The zero-order valence-electron chi connectivity index (χ0n) is 15.5. The lowest BCUT2D eigenvalue weighted by Crippen LogP contribution is -2.34. The fourth-order valence-electron chi connectivity index (χ4n) is 2.86. The standard InChI is InChI=1S/C19H28N4OS/c1-5-9-16-21-22-18(25)23(16)13-17(24)20-15(12-19(2,3)4)14-10-7-6-8-11-14/h6-8,10-11,15H,5,9,12-13H2,1-4H3,(H,20,24)(H,22,25). The topological polar surface area (TPSA) is 62.7 Å². The van der Waals surface area contributed by atoms with Gasteiger partial charge in [-0.3, -0.25) is 14.5 Å². The van der Waals surface area contributed by atoms with Crippen LogP contribution in [0.5, 0.6) is 0 Å². The highest BCUT2D eigenvalue weighted by Crippen LogP contribution is 2.29. The van der Waals surface area contributed by atoms with Crippen molar-refractivity contribution in [2.45, 2.75) is 59.5 Å². The molecule has 0 fully saturated rings. The van der Waals surface area contributed by atoms with Crippen LogP contribution in [-0.4, -0.2) is 20.7 Å². The van der Waals surface area contributed by atoms with Gasteiger partial charge >= 0.3 is 0 Å². The second-order valence-corrected chi connectivity index (χ2v) is 7.96. The minimum atomic E-state index is -0.0482.